The van der Waals surface area contributed by atoms with Crippen molar-refractivity contribution in [3.8, 4) is 0 Å². The highest BCUT2D eigenvalue weighted by atomic mass is 16.3. The minimum atomic E-state index is 0.155. The first-order valence-corrected chi connectivity index (χ1v) is 12.0. The van der Waals surface area contributed by atoms with Gasteiger partial charge in [0.1, 0.15) is 0 Å². The Morgan fingerprint density at radius 2 is 1.03 bits per heavy atom. The summed E-state index contributed by atoms with van der Waals surface area (Å²) in [6, 6.07) is 31.7. The molecule has 4 nitrogen and oxygen atoms in total. The lowest BCUT2D eigenvalue weighted by atomic mass is 9.99. The van der Waals surface area contributed by atoms with Crippen LogP contribution in [0.25, 0.3) is 21.5 Å². The third-order valence-electron chi connectivity index (χ3n) is 6.40. The molecule has 0 radical (unpaired) electrons. The Hall–Kier alpha value is -3.86. The molecule has 0 amide bonds. The Kier molecular flexibility index (Phi) is 6.66. The van der Waals surface area contributed by atoms with Gasteiger partial charge in [-0.25, -0.2) is 0 Å². The van der Waals surface area contributed by atoms with Crippen molar-refractivity contribution in [2.75, 3.05) is 23.8 Å². The van der Waals surface area contributed by atoms with Crippen molar-refractivity contribution in [1.29, 1.82) is 0 Å². The molecule has 5 aromatic rings. The first-order valence-electron chi connectivity index (χ1n) is 12.0. The fraction of sp³-hybridized carbons (Fsp3) is 0.161. The molecule has 0 fully saturated rings. The molecule has 0 spiro atoms. The van der Waals surface area contributed by atoms with Crippen molar-refractivity contribution in [2.45, 2.75) is 19.8 Å². The van der Waals surface area contributed by atoms with E-state index < -0.39 is 0 Å². The van der Waals surface area contributed by atoms with Gasteiger partial charge < -0.3 is 20.8 Å². The van der Waals surface area contributed by atoms with Crippen LogP contribution >= 0.6 is 0 Å². The van der Waals surface area contributed by atoms with Gasteiger partial charge in [-0.3, -0.25) is 0 Å². The maximum atomic E-state index is 9.19. The Bertz CT molecular complexity index is 1460. The minimum absolute atomic E-state index is 0.155. The Labute approximate surface area is 205 Å². The van der Waals surface area contributed by atoms with Crippen LogP contribution in [-0.2, 0) is 12.8 Å². The van der Waals surface area contributed by atoms with Gasteiger partial charge in [0.25, 0.3) is 0 Å². The Balaban J connectivity index is 1.56. The van der Waals surface area contributed by atoms with Gasteiger partial charge in [0.2, 0.25) is 0 Å². The number of nitrogens with one attached hydrogen (secondary N) is 2. The molecule has 0 aromatic heterocycles. The van der Waals surface area contributed by atoms with E-state index in [0.717, 1.165) is 44.6 Å². The first kappa shape index (κ1) is 22.9. The molecular formula is C31H30N2O2. The molecule has 0 heterocycles. The smallest absolute Gasteiger partial charge is 0.0471 e. The molecular weight excluding hydrogens is 432 g/mol. The second kappa shape index (κ2) is 10.2. The normalized spacial score (nSPS) is 11.2. The quantitative estimate of drug-likeness (QED) is 0.190. The predicted molar refractivity (Wildman–Crippen MR) is 147 cm³/mol. The van der Waals surface area contributed by atoms with E-state index in [-0.39, 0.29) is 13.2 Å². The number of benzene rings is 5. The van der Waals surface area contributed by atoms with E-state index in [9.17, 15) is 10.2 Å². The molecule has 176 valence electrons. The summed E-state index contributed by atoms with van der Waals surface area (Å²) in [5.41, 5.74) is 7.59. The lowest BCUT2D eigenvalue weighted by Crippen LogP contribution is -1.97. The molecule has 0 atom stereocenters. The maximum absolute atomic E-state index is 9.19. The number of rotatable bonds is 8. The van der Waals surface area contributed by atoms with Gasteiger partial charge in [0.05, 0.1) is 0 Å². The highest BCUT2D eigenvalue weighted by Gasteiger charge is 2.10. The van der Waals surface area contributed by atoms with Crippen LogP contribution in [0.15, 0.2) is 91.0 Å². The van der Waals surface area contributed by atoms with Crippen LogP contribution in [0.3, 0.4) is 0 Å². The molecule has 0 aliphatic carbocycles. The van der Waals surface area contributed by atoms with E-state index in [2.05, 4.69) is 109 Å². The third kappa shape index (κ3) is 5.14. The summed E-state index contributed by atoms with van der Waals surface area (Å²) in [7, 11) is 0. The van der Waals surface area contributed by atoms with Gasteiger partial charge in [-0.15, -0.1) is 0 Å². The molecule has 35 heavy (non-hydrogen) atoms. The second-order valence-electron chi connectivity index (χ2n) is 9.00. The summed E-state index contributed by atoms with van der Waals surface area (Å²) in [6.07, 6.45) is 1.33. The Morgan fingerprint density at radius 1 is 0.543 bits per heavy atom. The standard InChI is InChI=1S/C31H30N2O2/c1-21-2-7-24-19-28-29(20-25(24)18-21)31(33-27-10-5-23(6-11-27)15-17-35)13-12-30(28)32-26-8-3-22(4-9-26)14-16-34/h2-13,18-20,32-35H,14-17H2,1H3. The summed E-state index contributed by atoms with van der Waals surface area (Å²) in [5.74, 6) is 0. The van der Waals surface area contributed by atoms with Gasteiger partial charge in [0, 0.05) is 46.7 Å². The zero-order valence-electron chi connectivity index (χ0n) is 19.9. The van der Waals surface area contributed by atoms with Crippen LogP contribution in [0, 0.1) is 6.92 Å². The minimum Gasteiger partial charge on any atom is -0.396 e. The van der Waals surface area contributed by atoms with Gasteiger partial charge >= 0.3 is 0 Å². The summed E-state index contributed by atoms with van der Waals surface area (Å²) < 4.78 is 0. The van der Waals surface area contributed by atoms with Crippen molar-refractivity contribution in [1.82, 2.24) is 0 Å². The van der Waals surface area contributed by atoms with Crippen LogP contribution in [0.1, 0.15) is 16.7 Å². The van der Waals surface area contributed by atoms with Crippen LogP contribution in [-0.4, -0.2) is 23.4 Å². The van der Waals surface area contributed by atoms with Crippen molar-refractivity contribution < 1.29 is 10.2 Å². The fourth-order valence-electron chi connectivity index (χ4n) is 4.51. The summed E-state index contributed by atoms with van der Waals surface area (Å²) in [4.78, 5) is 0. The SMILES string of the molecule is Cc1ccc2cc3c(Nc4ccc(CCO)cc4)ccc(Nc4ccc(CCO)cc4)c3cc2c1. The van der Waals surface area contributed by atoms with Crippen molar-refractivity contribution in [2.24, 2.45) is 0 Å². The van der Waals surface area contributed by atoms with Crippen LogP contribution < -0.4 is 10.6 Å². The topological polar surface area (TPSA) is 64.5 Å². The third-order valence-corrected chi connectivity index (χ3v) is 6.40. The second-order valence-corrected chi connectivity index (χ2v) is 9.00. The van der Waals surface area contributed by atoms with E-state index in [0.29, 0.717) is 12.8 Å². The highest BCUT2D eigenvalue weighted by molar-refractivity contribution is 6.10. The van der Waals surface area contributed by atoms with E-state index in [1.165, 1.54) is 16.3 Å². The van der Waals surface area contributed by atoms with Crippen molar-refractivity contribution >= 4 is 44.3 Å². The van der Waals surface area contributed by atoms with Gasteiger partial charge in [-0.2, -0.15) is 0 Å². The molecule has 0 bridgehead atoms. The molecule has 4 heteroatoms. The molecule has 0 aliphatic heterocycles. The van der Waals surface area contributed by atoms with Crippen molar-refractivity contribution in [3.63, 3.8) is 0 Å². The predicted octanol–water partition coefficient (Wildman–Crippen LogP) is 6.86. The monoisotopic (exact) mass is 462 g/mol. The van der Waals surface area contributed by atoms with E-state index in [1.807, 2.05) is 0 Å². The number of anilines is 4. The molecule has 0 saturated heterocycles. The summed E-state index contributed by atoms with van der Waals surface area (Å²) in [5, 5.41) is 30.3. The molecule has 0 unspecified atom stereocenters. The van der Waals surface area contributed by atoms with Crippen LogP contribution in [0.5, 0.6) is 0 Å². The lowest BCUT2D eigenvalue weighted by molar-refractivity contribution is 0.299. The van der Waals surface area contributed by atoms with Crippen LogP contribution in [0.2, 0.25) is 0 Å². The van der Waals surface area contributed by atoms with Gasteiger partial charge in [-0.05, 0) is 90.2 Å². The van der Waals surface area contributed by atoms with Crippen molar-refractivity contribution in [3.05, 3.63) is 108 Å². The number of aliphatic hydroxyl groups excluding tert-OH is 2. The summed E-state index contributed by atoms with van der Waals surface area (Å²) in [6.45, 7) is 2.43. The molecule has 0 aliphatic rings. The number of fused-ring (bicyclic) bond motifs is 2. The zero-order valence-corrected chi connectivity index (χ0v) is 19.9. The van der Waals surface area contributed by atoms with E-state index in [4.69, 9.17) is 0 Å². The number of hydrogen-bond acceptors (Lipinski definition) is 4. The highest BCUT2D eigenvalue weighted by Crippen LogP contribution is 2.36. The van der Waals surface area contributed by atoms with Gasteiger partial charge in [0.15, 0.2) is 0 Å². The molecule has 5 aromatic carbocycles. The van der Waals surface area contributed by atoms with Gasteiger partial charge in [-0.1, -0.05) is 48.0 Å². The first-order chi connectivity index (χ1) is 17.1. The largest absolute Gasteiger partial charge is 0.396 e. The average molecular weight is 463 g/mol. The number of aryl methyl sites for hydroxylation is 1. The average Bonchev–Trinajstić information content (AvgIpc) is 2.87. The molecule has 0 saturated carbocycles. The van der Waals surface area contributed by atoms with E-state index in [1.54, 1.807) is 0 Å². The Morgan fingerprint density at radius 3 is 1.51 bits per heavy atom. The zero-order chi connectivity index (χ0) is 24.2. The molecule has 4 N–H and O–H groups in total. The van der Waals surface area contributed by atoms with E-state index >= 15 is 0 Å². The van der Waals surface area contributed by atoms with Crippen LogP contribution in [0.4, 0.5) is 22.7 Å². The maximum Gasteiger partial charge on any atom is 0.0471 e. The number of hydrogen-bond donors (Lipinski definition) is 4. The lowest BCUT2D eigenvalue weighted by Gasteiger charge is -2.16. The molecule has 5 rings (SSSR count). The summed E-state index contributed by atoms with van der Waals surface area (Å²) >= 11 is 0. The number of aliphatic hydroxyl groups is 2. The fourth-order valence-corrected chi connectivity index (χ4v) is 4.51.